The van der Waals surface area contributed by atoms with E-state index in [0.717, 1.165) is 59.1 Å². The molecule has 1 aliphatic carbocycles. The van der Waals surface area contributed by atoms with Gasteiger partial charge in [0.25, 0.3) is 0 Å². The molecule has 1 aliphatic heterocycles. The number of aromatic nitrogens is 5. The van der Waals surface area contributed by atoms with Crippen LogP contribution in [0, 0.1) is 0 Å². The van der Waals surface area contributed by atoms with E-state index in [9.17, 15) is 0 Å². The number of aromatic amines is 1. The lowest BCUT2D eigenvalue weighted by molar-refractivity contribution is 0.483. The molecule has 0 aromatic carbocycles. The third-order valence-corrected chi connectivity index (χ3v) is 6.88. The van der Waals surface area contributed by atoms with Gasteiger partial charge in [-0.2, -0.15) is 0 Å². The molecule has 6 rings (SSSR count). The van der Waals surface area contributed by atoms with Crippen molar-refractivity contribution in [3.8, 4) is 11.4 Å². The lowest BCUT2D eigenvalue weighted by Crippen LogP contribution is -2.49. The van der Waals surface area contributed by atoms with Crippen LogP contribution in [0.2, 0.25) is 0 Å². The van der Waals surface area contributed by atoms with Crippen LogP contribution in [0.25, 0.3) is 33.3 Å². The van der Waals surface area contributed by atoms with Gasteiger partial charge in [-0.05, 0) is 43.4 Å². The number of nitrogens with one attached hydrogen (secondary N) is 2. The highest BCUT2D eigenvalue weighted by molar-refractivity contribution is 5.97. The number of hydrogen-bond acceptors (Lipinski definition) is 6. The number of nitrogens with zero attached hydrogens (tertiary/aromatic N) is 5. The van der Waals surface area contributed by atoms with E-state index < -0.39 is 0 Å². The normalized spacial score (nSPS) is 19.5. The maximum Gasteiger partial charge on any atom is 0.163 e. The number of rotatable bonds is 3. The molecule has 1 saturated heterocycles. The van der Waals surface area contributed by atoms with Gasteiger partial charge in [-0.3, -0.25) is 4.98 Å². The van der Waals surface area contributed by atoms with Gasteiger partial charge in [0, 0.05) is 65.5 Å². The van der Waals surface area contributed by atoms with Gasteiger partial charge in [0.05, 0.1) is 11.7 Å². The predicted octanol–water partition coefficient (Wildman–Crippen LogP) is 4.54. The van der Waals surface area contributed by atoms with Crippen molar-refractivity contribution < 1.29 is 0 Å². The Kier molecular flexibility index (Phi) is 4.66. The van der Waals surface area contributed by atoms with E-state index >= 15 is 0 Å². The molecule has 2 aliphatic rings. The second-order valence-electron chi connectivity index (χ2n) is 10.6. The first kappa shape index (κ1) is 20.5. The Hall–Kier alpha value is -3.06. The van der Waals surface area contributed by atoms with E-state index in [1.165, 1.54) is 23.8 Å². The van der Waals surface area contributed by atoms with Crippen molar-refractivity contribution in [2.75, 3.05) is 24.5 Å². The van der Waals surface area contributed by atoms with E-state index in [1.54, 1.807) is 0 Å². The number of hydrogen-bond donors (Lipinski definition) is 2. The molecule has 1 atom stereocenters. The van der Waals surface area contributed by atoms with Crippen LogP contribution in [-0.4, -0.2) is 50.6 Å². The maximum absolute atomic E-state index is 5.24. The largest absolute Gasteiger partial charge is 0.353 e. The van der Waals surface area contributed by atoms with Gasteiger partial charge in [-0.15, -0.1) is 0 Å². The Morgan fingerprint density at radius 2 is 1.97 bits per heavy atom. The van der Waals surface area contributed by atoms with Crippen molar-refractivity contribution in [3.63, 3.8) is 0 Å². The molecule has 33 heavy (non-hydrogen) atoms. The molecule has 5 heterocycles. The highest BCUT2D eigenvalue weighted by atomic mass is 15.2. The van der Waals surface area contributed by atoms with E-state index in [4.69, 9.17) is 9.97 Å². The van der Waals surface area contributed by atoms with Crippen molar-refractivity contribution in [2.24, 2.45) is 0 Å². The van der Waals surface area contributed by atoms with Crippen molar-refractivity contribution in [1.82, 2.24) is 30.2 Å². The number of pyridine rings is 2. The van der Waals surface area contributed by atoms with E-state index in [0.29, 0.717) is 12.0 Å². The quantitative estimate of drug-likeness (QED) is 0.486. The van der Waals surface area contributed by atoms with Crippen LogP contribution in [0.4, 0.5) is 5.82 Å². The van der Waals surface area contributed by atoms with Gasteiger partial charge >= 0.3 is 0 Å². The fraction of sp³-hybridized carbons (Fsp3) is 0.462. The topological polar surface area (TPSA) is 82.6 Å². The number of anilines is 1. The minimum Gasteiger partial charge on any atom is -0.353 e. The number of piperazine rings is 1. The first-order chi connectivity index (χ1) is 15.9. The summed E-state index contributed by atoms with van der Waals surface area (Å²) in [5.41, 5.74) is 5.29. The van der Waals surface area contributed by atoms with Crippen LogP contribution >= 0.6 is 0 Å². The first-order valence-electron chi connectivity index (χ1n) is 12.0. The maximum atomic E-state index is 5.24. The molecule has 7 nitrogen and oxygen atoms in total. The van der Waals surface area contributed by atoms with Crippen molar-refractivity contribution >= 4 is 27.8 Å². The molecular weight excluding hydrogens is 410 g/mol. The third kappa shape index (κ3) is 3.64. The van der Waals surface area contributed by atoms with Crippen LogP contribution in [0.5, 0.6) is 0 Å². The SMILES string of the molecule is CC1CN(c2nc(-c3ccnc4[nH]c(C(C)(C)C)cc34)nc3cncc(C4CC4)c23)CCN1. The molecule has 0 amide bonds. The van der Waals surface area contributed by atoms with Gasteiger partial charge in [0.2, 0.25) is 0 Å². The van der Waals surface area contributed by atoms with Crippen molar-refractivity contribution in [2.45, 2.75) is 57.9 Å². The van der Waals surface area contributed by atoms with Gasteiger partial charge in [-0.1, -0.05) is 20.8 Å². The Bertz CT molecular complexity index is 1350. The Morgan fingerprint density at radius 3 is 2.73 bits per heavy atom. The first-order valence-corrected chi connectivity index (χ1v) is 12.0. The van der Waals surface area contributed by atoms with Crippen molar-refractivity contribution in [3.05, 3.63) is 42.0 Å². The van der Waals surface area contributed by atoms with Gasteiger partial charge in [0.1, 0.15) is 11.5 Å². The second-order valence-corrected chi connectivity index (χ2v) is 10.6. The Balaban J connectivity index is 1.58. The summed E-state index contributed by atoms with van der Waals surface area (Å²) >= 11 is 0. The summed E-state index contributed by atoms with van der Waals surface area (Å²) in [5, 5.41) is 5.80. The Morgan fingerprint density at radius 1 is 1.12 bits per heavy atom. The van der Waals surface area contributed by atoms with E-state index in [2.05, 4.69) is 58.9 Å². The highest BCUT2D eigenvalue weighted by Gasteiger charge is 2.30. The summed E-state index contributed by atoms with van der Waals surface area (Å²) in [7, 11) is 0. The van der Waals surface area contributed by atoms with Crippen LogP contribution in [0.1, 0.15) is 57.7 Å². The fourth-order valence-corrected chi connectivity index (χ4v) is 4.89. The zero-order valence-electron chi connectivity index (χ0n) is 19.8. The van der Waals surface area contributed by atoms with Gasteiger partial charge < -0.3 is 15.2 Å². The number of H-pyrrole nitrogens is 1. The summed E-state index contributed by atoms with van der Waals surface area (Å²) in [6.07, 6.45) is 8.23. The zero-order chi connectivity index (χ0) is 22.7. The van der Waals surface area contributed by atoms with Crippen molar-refractivity contribution in [1.29, 1.82) is 0 Å². The highest BCUT2D eigenvalue weighted by Crippen LogP contribution is 2.45. The molecular formula is C26H31N7. The molecule has 0 spiro atoms. The minimum absolute atomic E-state index is 0.00734. The molecule has 4 aromatic rings. The lowest BCUT2D eigenvalue weighted by atomic mass is 9.92. The summed E-state index contributed by atoms with van der Waals surface area (Å²) < 4.78 is 0. The summed E-state index contributed by atoms with van der Waals surface area (Å²) in [6.45, 7) is 11.7. The van der Waals surface area contributed by atoms with E-state index in [1.807, 2.05) is 24.7 Å². The Labute approximate surface area is 194 Å². The van der Waals surface area contributed by atoms with Gasteiger partial charge in [-0.25, -0.2) is 15.0 Å². The lowest BCUT2D eigenvalue weighted by Gasteiger charge is -2.33. The zero-order valence-corrected chi connectivity index (χ0v) is 19.8. The average molecular weight is 442 g/mol. The van der Waals surface area contributed by atoms with Gasteiger partial charge in [0.15, 0.2) is 5.82 Å². The summed E-state index contributed by atoms with van der Waals surface area (Å²) in [6, 6.07) is 4.66. The second kappa shape index (κ2) is 7.48. The van der Waals surface area contributed by atoms with Crippen LogP contribution in [-0.2, 0) is 5.41 Å². The van der Waals surface area contributed by atoms with Crippen LogP contribution < -0.4 is 10.2 Å². The molecule has 1 saturated carbocycles. The standard InChI is InChI=1S/C26H31N7/c1-15-14-33(10-9-28-15)25-22-19(16-5-6-16)12-27-13-20(22)30-24(32-25)17-7-8-29-23-18(17)11-21(31-23)26(2,3)4/h7-8,11-13,15-16,28H,5-6,9-10,14H2,1-4H3,(H,29,31). The molecule has 170 valence electrons. The smallest absolute Gasteiger partial charge is 0.163 e. The molecule has 2 fully saturated rings. The molecule has 0 bridgehead atoms. The van der Waals surface area contributed by atoms with E-state index in [-0.39, 0.29) is 5.41 Å². The average Bonchev–Trinajstić information content (AvgIpc) is 3.54. The monoisotopic (exact) mass is 441 g/mol. The molecule has 4 aromatic heterocycles. The van der Waals surface area contributed by atoms with Crippen LogP contribution in [0.15, 0.2) is 30.7 Å². The molecule has 7 heteroatoms. The molecule has 1 unspecified atom stereocenters. The predicted molar refractivity (Wildman–Crippen MR) is 133 cm³/mol. The summed E-state index contributed by atoms with van der Waals surface area (Å²) in [5.74, 6) is 2.37. The fourth-order valence-electron chi connectivity index (χ4n) is 4.89. The molecule has 0 radical (unpaired) electrons. The minimum atomic E-state index is 0.00734. The third-order valence-electron chi connectivity index (χ3n) is 6.88. The summed E-state index contributed by atoms with van der Waals surface area (Å²) in [4.78, 5) is 25.4. The molecule has 2 N–H and O–H groups in total. The number of fused-ring (bicyclic) bond motifs is 2. The van der Waals surface area contributed by atoms with Crippen LogP contribution in [0.3, 0.4) is 0 Å².